The highest BCUT2D eigenvalue weighted by molar-refractivity contribution is 6.17. The summed E-state index contributed by atoms with van der Waals surface area (Å²) in [4.78, 5) is 4.81. The summed E-state index contributed by atoms with van der Waals surface area (Å²) in [6.45, 7) is 9.45. The van der Waals surface area contributed by atoms with Gasteiger partial charge >= 0.3 is 0 Å². The summed E-state index contributed by atoms with van der Waals surface area (Å²) in [6.07, 6.45) is 0. The van der Waals surface area contributed by atoms with Crippen LogP contribution in [0.5, 0.6) is 0 Å². The van der Waals surface area contributed by atoms with Crippen LogP contribution in [-0.2, 0) is 5.41 Å². The van der Waals surface area contributed by atoms with E-state index in [2.05, 4.69) is 329 Å². The topological polar surface area (TPSA) is 32.8 Å². The van der Waals surface area contributed by atoms with Crippen LogP contribution < -0.4 is 9.80 Å². The third-order valence-electron chi connectivity index (χ3n) is 19.7. The maximum atomic E-state index is 7.19. The fourth-order valence-corrected chi connectivity index (χ4v) is 15.9. The van der Waals surface area contributed by atoms with E-state index in [0.29, 0.717) is 0 Å². The smallest absolute Gasteiger partial charge is 0.159 e. The molecular weight excluding hydrogens is 1100 g/mol. The Balaban J connectivity index is 0.883. The van der Waals surface area contributed by atoms with E-state index in [0.717, 1.165) is 100 Å². The number of furan rings is 2. The molecule has 2 aromatic heterocycles. The number of anilines is 6. The maximum absolute atomic E-state index is 7.19. The number of para-hydroxylation sites is 6. The van der Waals surface area contributed by atoms with Crippen molar-refractivity contribution in [2.24, 2.45) is 0 Å². The molecule has 0 unspecified atom stereocenters. The minimum atomic E-state index is -0.673. The lowest BCUT2D eigenvalue weighted by Crippen LogP contribution is -2.27. The van der Waals surface area contributed by atoms with Gasteiger partial charge < -0.3 is 18.6 Å². The van der Waals surface area contributed by atoms with E-state index >= 15 is 0 Å². The van der Waals surface area contributed by atoms with Crippen molar-refractivity contribution in [3.8, 4) is 44.5 Å². The van der Waals surface area contributed by atoms with Crippen LogP contribution in [0.3, 0.4) is 0 Å². The van der Waals surface area contributed by atoms with Gasteiger partial charge in [-0.05, 0) is 173 Å². The summed E-state index contributed by atoms with van der Waals surface area (Å²) in [5.41, 5.74) is 26.5. The second-order valence-electron chi connectivity index (χ2n) is 25.3. The fourth-order valence-electron chi connectivity index (χ4n) is 15.9. The van der Waals surface area contributed by atoms with Gasteiger partial charge in [-0.15, -0.1) is 0 Å². The summed E-state index contributed by atoms with van der Waals surface area (Å²) in [5.74, 6) is 0.397. The van der Waals surface area contributed by atoms with Gasteiger partial charge in [-0.2, -0.15) is 0 Å². The van der Waals surface area contributed by atoms with Gasteiger partial charge in [0.1, 0.15) is 11.2 Å². The third-order valence-corrected chi connectivity index (χ3v) is 19.7. The van der Waals surface area contributed by atoms with Crippen molar-refractivity contribution in [3.63, 3.8) is 0 Å². The highest BCUT2D eigenvalue weighted by Gasteiger charge is 2.54. The van der Waals surface area contributed by atoms with E-state index in [1.807, 2.05) is 0 Å². The molecular formula is C87H62N2O2. The summed E-state index contributed by atoms with van der Waals surface area (Å²) >= 11 is 0. The Hall–Kier alpha value is -11.2. The predicted molar refractivity (Wildman–Crippen MR) is 381 cm³/mol. The first kappa shape index (κ1) is 52.9. The Morgan fingerprint density at radius 2 is 0.615 bits per heavy atom. The monoisotopic (exact) mass is 1170 g/mol. The molecule has 1 spiro atoms. The van der Waals surface area contributed by atoms with Crippen molar-refractivity contribution < 1.29 is 8.83 Å². The van der Waals surface area contributed by atoms with E-state index in [9.17, 15) is 0 Å². The molecule has 91 heavy (non-hydrogen) atoms. The molecule has 0 radical (unpaired) electrons. The summed E-state index contributed by atoms with van der Waals surface area (Å²) < 4.78 is 14.4. The molecule has 0 fully saturated rings. The van der Waals surface area contributed by atoms with Crippen molar-refractivity contribution >= 4 is 99.5 Å². The lowest BCUT2D eigenvalue weighted by atomic mass is 9.67. The lowest BCUT2D eigenvalue weighted by Gasteiger charge is -2.34. The summed E-state index contributed by atoms with van der Waals surface area (Å²) in [7, 11) is 0. The molecule has 0 atom stereocenters. The summed E-state index contributed by atoms with van der Waals surface area (Å²) in [6, 6.07) is 107. The van der Waals surface area contributed by atoms with Gasteiger partial charge in [0.15, 0.2) is 11.2 Å². The predicted octanol–water partition coefficient (Wildman–Crippen LogP) is 24.7. The van der Waals surface area contributed by atoms with Crippen molar-refractivity contribution in [3.05, 3.63) is 325 Å². The van der Waals surface area contributed by atoms with E-state index in [-0.39, 0.29) is 11.8 Å². The Morgan fingerprint density at radius 3 is 1.02 bits per heavy atom. The normalized spacial score (nSPS) is 12.9. The van der Waals surface area contributed by atoms with Gasteiger partial charge in [-0.3, -0.25) is 0 Å². The maximum Gasteiger partial charge on any atom is 0.159 e. The molecule has 0 saturated heterocycles. The zero-order chi connectivity index (χ0) is 60.6. The van der Waals surface area contributed by atoms with Gasteiger partial charge in [-0.25, -0.2) is 0 Å². The van der Waals surface area contributed by atoms with Crippen molar-refractivity contribution in [1.29, 1.82) is 0 Å². The molecule has 0 amide bonds. The SMILES string of the molecule is CC(C)c1cc2c(c3ccc(N(c4ccccc4)c4cccc5c4oc4c(-c6ccccc6)cccc45)cc13)C1(c3ccccc3-c3ccccc31)c1c-2cc(C(C)C)c2cc(N(c3ccccc3)c3cccc4c3oc3c(-c5ccccc5)cccc34)ccc12. The zero-order valence-corrected chi connectivity index (χ0v) is 51.1. The van der Waals surface area contributed by atoms with Crippen LogP contribution >= 0.6 is 0 Å². The molecule has 0 bridgehead atoms. The molecule has 2 aliphatic rings. The Bertz CT molecular complexity index is 5250. The largest absolute Gasteiger partial charge is 0.453 e. The quantitative estimate of drug-likeness (QED) is 0.137. The van der Waals surface area contributed by atoms with Gasteiger partial charge in [0.25, 0.3) is 0 Å². The van der Waals surface area contributed by atoms with E-state index < -0.39 is 5.41 Å². The Morgan fingerprint density at radius 1 is 0.264 bits per heavy atom. The van der Waals surface area contributed by atoms with Crippen LogP contribution in [0.1, 0.15) is 72.9 Å². The second kappa shape index (κ2) is 20.4. The molecule has 432 valence electrons. The van der Waals surface area contributed by atoms with E-state index in [1.165, 1.54) is 77.2 Å². The molecule has 18 rings (SSSR count). The van der Waals surface area contributed by atoms with Gasteiger partial charge in [0.2, 0.25) is 0 Å². The first-order chi connectivity index (χ1) is 44.8. The third kappa shape index (κ3) is 7.76. The molecule has 14 aromatic carbocycles. The zero-order valence-electron chi connectivity index (χ0n) is 51.1. The van der Waals surface area contributed by atoms with Crippen molar-refractivity contribution in [2.75, 3.05) is 9.80 Å². The average Bonchev–Trinajstić information content (AvgIpc) is 1.49. The number of rotatable bonds is 10. The number of hydrogen-bond donors (Lipinski definition) is 0. The average molecular weight is 1170 g/mol. The Kier molecular flexibility index (Phi) is 11.9. The molecule has 4 heteroatoms. The van der Waals surface area contributed by atoms with Crippen LogP contribution in [0, 0.1) is 0 Å². The highest BCUT2D eigenvalue weighted by Crippen LogP contribution is 2.67. The molecule has 2 aliphatic carbocycles. The van der Waals surface area contributed by atoms with Crippen LogP contribution in [0.25, 0.3) is 110 Å². The van der Waals surface area contributed by atoms with Crippen LogP contribution in [0.2, 0.25) is 0 Å². The van der Waals surface area contributed by atoms with Crippen molar-refractivity contribution in [2.45, 2.75) is 44.9 Å². The fraction of sp³-hybridized carbons (Fsp3) is 0.0805. The minimum absolute atomic E-state index is 0.198. The molecule has 0 N–H and O–H groups in total. The molecule has 2 heterocycles. The van der Waals surface area contributed by atoms with Gasteiger partial charge in [-0.1, -0.05) is 246 Å². The van der Waals surface area contributed by atoms with Crippen LogP contribution in [-0.4, -0.2) is 0 Å². The highest BCUT2D eigenvalue weighted by atomic mass is 16.3. The van der Waals surface area contributed by atoms with Gasteiger partial charge in [0, 0.05) is 55.4 Å². The van der Waals surface area contributed by atoms with Gasteiger partial charge in [0.05, 0.1) is 16.8 Å². The van der Waals surface area contributed by atoms with Crippen LogP contribution in [0.4, 0.5) is 34.1 Å². The van der Waals surface area contributed by atoms with E-state index in [4.69, 9.17) is 8.83 Å². The Labute approximate surface area is 529 Å². The van der Waals surface area contributed by atoms with Crippen molar-refractivity contribution in [1.82, 2.24) is 0 Å². The first-order valence-electron chi connectivity index (χ1n) is 31.9. The van der Waals surface area contributed by atoms with E-state index in [1.54, 1.807) is 0 Å². The summed E-state index contributed by atoms with van der Waals surface area (Å²) in [5, 5.41) is 9.37. The molecule has 0 aliphatic heterocycles. The number of nitrogens with zero attached hydrogens (tertiary/aromatic N) is 2. The first-order valence-corrected chi connectivity index (χ1v) is 31.9. The standard InChI is InChI=1S/C87H62N2O2/c1-53(2)71-51-75-76-52-72(54(3)4)74-50-60(89(58-31-15-8-16-32-58)80-44-24-40-70-68-38-22-36-62(84(68)91-86(70)80)56-27-11-6-12-28-56)46-48-66(74)82(76)87(77-41-19-17-33-63(77)64-34-18-20-42-78(64)87)81(75)65-47-45-59(49-73(65)71)88(57-29-13-7-14-30-57)79-43-23-39-69-67-37-21-35-61(83(67)90-85(69)79)55-25-9-5-10-26-55/h5-54H,1-4H3. The lowest BCUT2D eigenvalue weighted by molar-refractivity contribution is 0.670. The minimum Gasteiger partial charge on any atom is -0.453 e. The number of fused-ring (bicyclic) bond motifs is 20. The molecule has 4 nitrogen and oxygen atoms in total. The number of hydrogen-bond acceptors (Lipinski definition) is 4. The molecule has 0 saturated carbocycles. The second-order valence-corrected chi connectivity index (χ2v) is 25.3. The van der Waals surface area contributed by atoms with Crippen LogP contribution in [0.15, 0.2) is 300 Å². The number of benzene rings is 14. The molecule has 16 aromatic rings.